The summed E-state index contributed by atoms with van der Waals surface area (Å²) in [6.45, 7) is 5.06. The highest BCUT2D eigenvalue weighted by Crippen LogP contribution is 2.42. The molecule has 3 fully saturated rings. The Labute approximate surface area is 124 Å². The van der Waals surface area contributed by atoms with Crippen molar-refractivity contribution in [3.05, 3.63) is 35.9 Å². The van der Waals surface area contributed by atoms with E-state index >= 15 is 0 Å². The number of epoxide rings is 1. The van der Waals surface area contributed by atoms with Crippen LogP contribution < -0.4 is 0 Å². The minimum Gasteiger partial charge on any atom is -0.370 e. The fourth-order valence-electron chi connectivity index (χ4n) is 3.02. The number of ether oxygens (including phenoxy) is 5. The lowest BCUT2D eigenvalue weighted by molar-refractivity contribution is -0.238. The maximum Gasteiger partial charge on any atom is 0.187 e. The topological polar surface area (TPSA) is 49.5 Å². The number of hydrogen-bond donors (Lipinski definition) is 0. The molecule has 21 heavy (non-hydrogen) atoms. The van der Waals surface area contributed by atoms with Crippen molar-refractivity contribution >= 4 is 0 Å². The van der Waals surface area contributed by atoms with E-state index in [1.165, 1.54) is 0 Å². The summed E-state index contributed by atoms with van der Waals surface area (Å²) in [6.07, 6.45) is -0.713. The molecule has 0 radical (unpaired) electrons. The Morgan fingerprint density at radius 2 is 1.81 bits per heavy atom. The van der Waals surface area contributed by atoms with E-state index in [0.717, 1.165) is 12.2 Å². The van der Waals surface area contributed by atoms with Crippen LogP contribution in [0.2, 0.25) is 0 Å². The first kappa shape index (κ1) is 13.7. The first-order valence-electron chi connectivity index (χ1n) is 7.41. The zero-order valence-electron chi connectivity index (χ0n) is 12.2. The van der Waals surface area contributed by atoms with Crippen molar-refractivity contribution in [2.75, 3.05) is 6.61 Å². The Kier molecular flexibility index (Phi) is 3.28. The van der Waals surface area contributed by atoms with Crippen LogP contribution in [0.25, 0.3) is 0 Å². The second-order valence-corrected chi connectivity index (χ2v) is 6.20. The van der Waals surface area contributed by atoms with E-state index in [2.05, 4.69) is 0 Å². The smallest absolute Gasteiger partial charge is 0.187 e. The largest absolute Gasteiger partial charge is 0.370 e. The van der Waals surface area contributed by atoms with E-state index in [1.54, 1.807) is 0 Å². The zero-order chi connectivity index (χ0) is 14.4. The lowest BCUT2D eigenvalue weighted by atomic mass is 10.1. The van der Waals surface area contributed by atoms with Gasteiger partial charge in [-0.05, 0) is 19.4 Å². The van der Waals surface area contributed by atoms with Crippen LogP contribution in [-0.2, 0) is 30.3 Å². The van der Waals surface area contributed by atoms with E-state index in [1.807, 2.05) is 44.2 Å². The molecule has 0 aliphatic carbocycles. The van der Waals surface area contributed by atoms with Crippen molar-refractivity contribution in [1.82, 2.24) is 0 Å². The van der Waals surface area contributed by atoms with E-state index in [9.17, 15) is 0 Å². The monoisotopic (exact) mass is 293 g/mol. The van der Waals surface area contributed by atoms with Gasteiger partial charge in [-0.2, -0.15) is 0 Å². The number of rotatable bonds is 4. The molecule has 0 saturated carbocycles. The summed E-state index contributed by atoms with van der Waals surface area (Å²) < 4.78 is 29.2. The second-order valence-electron chi connectivity index (χ2n) is 6.20. The standard InChI is InChI=1S/C16H20O5/c1-16(2)20-13-12(11-9-17-11)19-15(14(13)21-16)18-8-10-6-4-3-5-7-10/h3-7,11-15H,8-9H2,1-2H3/t11-,12+,13-,14-,15+/m0/s1/i9+1. The molecule has 0 bridgehead atoms. The Bertz CT molecular complexity index is 499. The summed E-state index contributed by atoms with van der Waals surface area (Å²) >= 11 is 0. The second kappa shape index (κ2) is 5.04. The van der Waals surface area contributed by atoms with Gasteiger partial charge < -0.3 is 23.7 Å². The Balaban J connectivity index is 1.45. The van der Waals surface area contributed by atoms with E-state index in [0.29, 0.717) is 6.61 Å². The van der Waals surface area contributed by atoms with Crippen LogP contribution in [0, 0.1) is 0 Å². The van der Waals surface area contributed by atoms with Crippen LogP contribution in [0.4, 0.5) is 0 Å². The Morgan fingerprint density at radius 1 is 1.10 bits per heavy atom. The van der Waals surface area contributed by atoms with E-state index in [4.69, 9.17) is 23.7 Å². The maximum atomic E-state index is 5.97. The van der Waals surface area contributed by atoms with Crippen molar-refractivity contribution in [2.24, 2.45) is 0 Å². The minimum absolute atomic E-state index is 0.0995. The normalized spacial score (nSPS) is 40.2. The highest BCUT2D eigenvalue weighted by molar-refractivity contribution is 5.13. The van der Waals surface area contributed by atoms with Crippen molar-refractivity contribution < 1.29 is 23.7 Å². The summed E-state index contributed by atoms with van der Waals surface area (Å²) in [7, 11) is 0. The quantitative estimate of drug-likeness (QED) is 0.626. The van der Waals surface area contributed by atoms with Gasteiger partial charge in [0.05, 0.1) is 13.2 Å². The van der Waals surface area contributed by atoms with E-state index in [-0.39, 0.29) is 24.4 Å². The zero-order valence-corrected chi connectivity index (χ0v) is 12.2. The molecule has 0 amide bonds. The number of fused-ring (bicyclic) bond motifs is 1. The van der Waals surface area contributed by atoms with Crippen LogP contribution in [0.1, 0.15) is 19.4 Å². The average Bonchev–Trinajstić information content (AvgIpc) is 3.18. The molecule has 1 aromatic carbocycles. The molecular formula is C16H20O5. The van der Waals surface area contributed by atoms with Crippen molar-refractivity contribution in [3.8, 4) is 0 Å². The maximum absolute atomic E-state index is 5.97. The van der Waals surface area contributed by atoms with Gasteiger partial charge in [0.2, 0.25) is 0 Å². The highest BCUT2D eigenvalue weighted by Gasteiger charge is 2.59. The fraction of sp³-hybridized carbons (Fsp3) is 0.625. The third kappa shape index (κ3) is 2.72. The van der Waals surface area contributed by atoms with Crippen LogP contribution in [-0.4, -0.2) is 43.1 Å². The minimum atomic E-state index is -0.597. The molecule has 3 aliphatic rings. The first-order valence-corrected chi connectivity index (χ1v) is 7.41. The molecule has 114 valence electrons. The molecule has 3 heterocycles. The van der Waals surface area contributed by atoms with E-state index < -0.39 is 12.1 Å². The van der Waals surface area contributed by atoms with Gasteiger partial charge >= 0.3 is 0 Å². The molecule has 1 aromatic rings. The molecule has 3 saturated heterocycles. The molecule has 0 spiro atoms. The Hall–Kier alpha value is -0.980. The summed E-state index contributed by atoms with van der Waals surface area (Å²) in [4.78, 5) is 0. The predicted molar refractivity (Wildman–Crippen MR) is 73.5 cm³/mol. The van der Waals surface area contributed by atoms with Gasteiger partial charge in [-0.25, -0.2) is 0 Å². The highest BCUT2D eigenvalue weighted by atomic mass is 16.8. The van der Waals surface area contributed by atoms with Gasteiger partial charge in [-0.3, -0.25) is 0 Å². The Morgan fingerprint density at radius 3 is 2.52 bits per heavy atom. The molecule has 3 aliphatic heterocycles. The van der Waals surface area contributed by atoms with Gasteiger partial charge in [0.1, 0.15) is 24.4 Å². The van der Waals surface area contributed by atoms with Crippen LogP contribution >= 0.6 is 0 Å². The van der Waals surface area contributed by atoms with Gasteiger partial charge in [0.25, 0.3) is 0 Å². The van der Waals surface area contributed by atoms with Gasteiger partial charge in [0, 0.05) is 0 Å². The van der Waals surface area contributed by atoms with Gasteiger partial charge in [0.15, 0.2) is 12.1 Å². The first-order chi connectivity index (χ1) is 10.1. The van der Waals surface area contributed by atoms with Crippen LogP contribution in [0.15, 0.2) is 30.3 Å². The van der Waals surface area contributed by atoms with Gasteiger partial charge in [-0.15, -0.1) is 0 Å². The van der Waals surface area contributed by atoms with Crippen molar-refractivity contribution in [3.63, 3.8) is 0 Å². The van der Waals surface area contributed by atoms with Crippen molar-refractivity contribution in [2.45, 2.75) is 56.9 Å². The van der Waals surface area contributed by atoms with Crippen LogP contribution in [0.5, 0.6) is 0 Å². The number of benzene rings is 1. The molecular weight excluding hydrogens is 273 g/mol. The molecule has 4 rings (SSSR count). The van der Waals surface area contributed by atoms with Crippen molar-refractivity contribution in [1.29, 1.82) is 0 Å². The van der Waals surface area contributed by atoms with Gasteiger partial charge in [-0.1, -0.05) is 30.3 Å². The molecule has 5 nitrogen and oxygen atoms in total. The molecule has 5 atom stereocenters. The third-order valence-electron chi connectivity index (χ3n) is 4.03. The predicted octanol–water partition coefficient (Wildman–Crippen LogP) is 1.85. The number of hydrogen-bond acceptors (Lipinski definition) is 5. The molecule has 0 aromatic heterocycles. The average molecular weight is 293 g/mol. The third-order valence-corrected chi connectivity index (χ3v) is 4.03. The molecule has 5 heteroatoms. The molecule has 0 unspecified atom stereocenters. The summed E-state index contributed by atoms with van der Waals surface area (Å²) in [5.74, 6) is -0.597. The van der Waals surface area contributed by atoms with Crippen LogP contribution in [0.3, 0.4) is 0 Å². The lowest BCUT2D eigenvalue weighted by Crippen LogP contribution is -2.33. The summed E-state index contributed by atoms with van der Waals surface area (Å²) in [5, 5.41) is 0. The summed E-state index contributed by atoms with van der Waals surface area (Å²) in [6, 6.07) is 10.0. The lowest BCUT2D eigenvalue weighted by Gasteiger charge is -2.23. The fourth-order valence-corrected chi connectivity index (χ4v) is 3.02. The summed E-state index contributed by atoms with van der Waals surface area (Å²) in [5.41, 5.74) is 1.11. The SMILES string of the molecule is CC1(C)O[C@@H]2[C@H](O1)[C@H](OCc1ccccc1)O[C@@H]2[C@@H]1[13CH2]O1. The molecule has 0 N–H and O–H groups in total.